The van der Waals surface area contributed by atoms with Crippen molar-refractivity contribution in [3.63, 3.8) is 0 Å². The normalized spacial score (nSPS) is 15.3. The molecule has 0 spiro atoms. The van der Waals surface area contributed by atoms with Crippen molar-refractivity contribution in [2.24, 2.45) is 0 Å². The average molecular weight is 430 g/mol. The maximum atomic E-state index is 14.4. The van der Waals surface area contributed by atoms with E-state index in [-0.39, 0.29) is 17.1 Å². The van der Waals surface area contributed by atoms with Crippen molar-refractivity contribution >= 4 is 0 Å². The summed E-state index contributed by atoms with van der Waals surface area (Å²) in [6, 6.07) is 24.7. The van der Waals surface area contributed by atoms with Crippen LogP contribution in [0, 0.1) is 17.1 Å². The Morgan fingerprint density at radius 2 is 1.75 bits per heavy atom. The highest BCUT2D eigenvalue weighted by Gasteiger charge is 2.38. The van der Waals surface area contributed by atoms with E-state index in [1.807, 2.05) is 37.3 Å². The third kappa shape index (κ3) is 4.78. The summed E-state index contributed by atoms with van der Waals surface area (Å²) in [5.74, 6) is 0.866. The molecule has 164 valence electrons. The number of para-hydroxylation sites is 1. The highest BCUT2D eigenvalue weighted by atomic mass is 19.1. The number of ether oxygens (including phenoxy) is 2. The molecule has 1 aliphatic rings. The highest BCUT2D eigenvalue weighted by Crippen LogP contribution is 2.48. The number of nitrogens with zero attached hydrogens (tertiary/aromatic N) is 1. The quantitative estimate of drug-likeness (QED) is 0.353. The number of halogens is 1. The molecule has 0 aromatic heterocycles. The minimum absolute atomic E-state index is 0.114. The summed E-state index contributed by atoms with van der Waals surface area (Å²) >= 11 is 0. The molecule has 1 aliphatic carbocycles. The van der Waals surface area contributed by atoms with Gasteiger partial charge in [-0.2, -0.15) is 5.26 Å². The van der Waals surface area contributed by atoms with Gasteiger partial charge in [-0.3, -0.25) is 0 Å². The van der Waals surface area contributed by atoms with Gasteiger partial charge in [-0.15, -0.1) is 0 Å². The molecule has 1 saturated carbocycles. The maximum Gasteiger partial charge on any atom is 0.165 e. The van der Waals surface area contributed by atoms with Gasteiger partial charge in [0.1, 0.15) is 11.5 Å². The molecule has 0 bridgehead atoms. The van der Waals surface area contributed by atoms with Crippen LogP contribution in [0.1, 0.15) is 56.1 Å². The molecule has 4 rings (SSSR count). The van der Waals surface area contributed by atoms with E-state index in [1.165, 1.54) is 18.1 Å². The number of rotatable bonds is 9. The highest BCUT2D eigenvalue weighted by molar-refractivity contribution is 5.39. The Hall–Kier alpha value is -3.32. The molecular formula is C28H28FNO2. The largest absolute Gasteiger partial charge is 0.494 e. The molecule has 0 amide bonds. The molecule has 0 heterocycles. The summed E-state index contributed by atoms with van der Waals surface area (Å²) in [4.78, 5) is 0. The van der Waals surface area contributed by atoms with Gasteiger partial charge >= 0.3 is 0 Å². The Kier molecular flexibility index (Phi) is 6.75. The molecule has 3 nitrogen and oxygen atoms in total. The molecule has 3 aromatic carbocycles. The molecule has 3 aromatic rings. The molecular weight excluding hydrogens is 401 g/mol. The second-order valence-electron chi connectivity index (χ2n) is 8.42. The van der Waals surface area contributed by atoms with Crippen LogP contribution in [-0.2, 0) is 5.41 Å². The van der Waals surface area contributed by atoms with Gasteiger partial charge in [0.2, 0.25) is 0 Å². The lowest BCUT2D eigenvalue weighted by atomic mass is 9.61. The number of benzene rings is 3. The van der Waals surface area contributed by atoms with E-state index >= 15 is 0 Å². The Labute approximate surface area is 189 Å². The monoisotopic (exact) mass is 429 g/mol. The lowest BCUT2D eigenvalue weighted by Gasteiger charge is -2.43. The summed E-state index contributed by atoms with van der Waals surface area (Å²) in [5, 5.41) is 9.88. The second-order valence-corrected chi connectivity index (χ2v) is 8.42. The lowest BCUT2D eigenvalue weighted by Crippen LogP contribution is -2.34. The van der Waals surface area contributed by atoms with E-state index in [2.05, 4.69) is 18.2 Å². The zero-order chi connectivity index (χ0) is 22.4. The Bertz CT molecular complexity index is 1070. The fourth-order valence-corrected chi connectivity index (χ4v) is 4.51. The van der Waals surface area contributed by atoms with Crippen LogP contribution >= 0.6 is 0 Å². The standard InChI is InChI=1S/C28H28FNO2/c1-2-31-24-12-10-23(11-13-24)28(16-6-17-28)18-15-22(20-30)21-9-14-26(29)27(19-21)32-25-7-4-3-5-8-25/h3-5,7-14,19,22H,2,6,15-18H2,1H3. The van der Waals surface area contributed by atoms with Crippen LogP contribution in [0.5, 0.6) is 17.2 Å². The van der Waals surface area contributed by atoms with Crippen molar-refractivity contribution in [2.75, 3.05) is 6.61 Å². The van der Waals surface area contributed by atoms with Crippen LogP contribution in [0.15, 0.2) is 72.8 Å². The van der Waals surface area contributed by atoms with Crippen molar-refractivity contribution < 1.29 is 13.9 Å². The van der Waals surface area contributed by atoms with E-state index in [0.717, 1.165) is 37.0 Å². The number of nitriles is 1. The molecule has 0 radical (unpaired) electrons. The smallest absolute Gasteiger partial charge is 0.165 e. The van der Waals surface area contributed by atoms with Gasteiger partial charge < -0.3 is 9.47 Å². The van der Waals surface area contributed by atoms with E-state index in [0.29, 0.717) is 12.4 Å². The summed E-state index contributed by atoms with van der Waals surface area (Å²) < 4.78 is 25.7. The molecule has 0 aliphatic heterocycles. The van der Waals surface area contributed by atoms with Gasteiger partial charge in [-0.25, -0.2) is 4.39 Å². The Morgan fingerprint density at radius 3 is 2.38 bits per heavy atom. The van der Waals surface area contributed by atoms with E-state index < -0.39 is 5.82 Å². The maximum absolute atomic E-state index is 14.4. The first-order valence-corrected chi connectivity index (χ1v) is 11.3. The number of hydrogen-bond acceptors (Lipinski definition) is 3. The van der Waals surface area contributed by atoms with E-state index in [4.69, 9.17) is 9.47 Å². The van der Waals surface area contributed by atoms with Gasteiger partial charge in [0.15, 0.2) is 11.6 Å². The van der Waals surface area contributed by atoms with Crippen LogP contribution in [-0.4, -0.2) is 6.61 Å². The summed E-state index contributed by atoms with van der Waals surface area (Å²) in [6.07, 6.45) is 5.11. The molecule has 1 atom stereocenters. The topological polar surface area (TPSA) is 42.2 Å². The SMILES string of the molecule is CCOc1ccc(C2(CCC(C#N)c3ccc(F)c(Oc4ccccc4)c3)CCC2)cc1. The first-order chi connectivity index (χ1) is 15.6. The third-order valence-electron chi connectivity index (χ3n) is 6.48. The Balaban J connectivity index is 1.48. The van der Waals surface area contributed by atoms with Crippen molar-refractivity contribution in [2.45, 2.75) is 50.4 Å². The van der Waals surface area contributed by atoms with Crippen LogP contribution in [0.2, 0.25) is 0 Å². The molecule has 0 N–H and O–H groups in total. The molecule has 1 fully saturated rings. The Morgan fingerprint density at radius 1 is 1.00 bits per heavy atom. The minimum Gasteiger partial charge on any atom is -0.494 e. The average Bonchev–Trinajstić information content (AvgIpc) is 2.79. The zero-order valence-electron chi connectivity index (χ0n) is 18.4. The van der Waals surface area contributed by atoms with Crippen molar-refractivity contribution in [3.8, 4) is 23.3 Å². The third-order valence-corrected chi connectivity index (χ3v) is 6.48. The summed E-state index contributed by atoms with van der Waals surface area (Å²) in [7, 11) is 0. The van der Waals surface area contributed by atoms with Gasteiger partial charge in [0.05, 0.1) is 18.6 Å². The molecule has 0 saturated heterocycles. The van der Waals surface area contributed by atoms with Crippen molar-refractivity contribution in [1.29, 1.82) is 5.26 Å². The predicted octanol–water partition coefficient (Wildman–Crippen LogP) is 7.53. The number of hydrogen-bond donors (Lipinski definition) is 0. The van der Waals surface area contributed by atoms with Gasteiger partial charge in [0, 0.05) is 0 Å². The van der Waals surface area contributed by atoms with Crippen LogP contribution in [0.4, 0.5) is 4.39 Å². The predicted molar refractivity (Wildman–Crippen MR) is 124 cm³/mol. The second kappa shape index (κ2) is 9.87. The van der Waals surface area contributed by atoms with Crippen LogP contribution < -0.4 is 9.47 Å². The summed E-state index contributed by atoms with van der Waals surface area (Å²) in [6.45, 7) is 2.64. The van der Waals surface area contributed by atoms with Gasteiger partial charge in [-0.05, 0) is 85.5 Å². The first-order valence-electron chi connectivity index (χ1n) is 11.3. The van der Waals surface area contributed by atoms with E-state index in [9.17, 15) is 9.65 Å². The van der Waals surface area contributed by atoms with Gasteiger partial charge in [0.25, 0.3) is 0 Å². The molecule has 1 unspecified atom stereocenters. The summed E-state index contributed by atoms with van der Waals surface area (Å²) in [5.41, 5.74) is 2.22. The molecule has 4 heteroatoms. The molecule has 32 heavy (non-hydrogen) atoms. The van der Waals surface area contributed by atoms with Crippen LogP contribution in [0.25, 0.3) is 0 Å². The zero-order valence-corrected chi connectivity index (χ0v) is 18.4. The lowest BCUT2D eigenvalue weighted by molar-refractivity contribution is 0.218. The van der Waals surface area contributed by atoms with Crippen LogP contribution in [0.3, 0.4) is 0 Å². The van der Waals surface area contributed by atoms with E-state index in [1.54, 1.807) is 24.3 Å². The fraction of sp³-hybridized carbons (Fsp3) is 0.321. The van der Waals surface area contributed by atoms with Crippen molar-refractivity contribution in [1.82, 2.24) is 0 Å². The van der Waals surface area contributed by atoms with Crippen molar-refractivity contribution in [3.05, 3.63) is 89.7 Å². The van der Waals surface area contributed by atoms with Gasteiger partial charge in [-0.1, -0.05) is 42.8 Å². The minimum atomic E-state index is -0.431. The first kappa shape index (κ1) is 21.9. The fourth-order valence-electron chi connectivity index (χ4n) is 4.51.